The molecule has 0 radical (unpaired) electrons. The number of hydrogen-bond donors (Lipinski definition) is 2. The molecule has 2 aromatic rings. The number of amides is 1. The third-order valence-electron chi connectivity index (χ3n) is 2.85. The molecule has 0 aliphatic rings. The summed E-state index contributed by atoms with van der Waals surface area (Å²) in [6, 6.07) is 3.68. The molecule has 1 atom stereocenters. The van der Waals surface area contributed by atoms with Gasteiger partial charge in [0.05, 0.1) is 5.69 Å². The zero-order chi connectivity index (χ0) is 15.5. The van der Waals surface area contributed by atoms with E-state index in [0.29, 0.717) is 13.1 Å². The van der Waals surface area contributed by atoms with Gasteiger partial charge in [0.2, 0.25) is 0 Å². The highest BCUT2D eigenvalue weighted by Gasteiger charge is 2.19. The number of nitrogens with zero attached hydrogens (tertiary/aromatic N) is 3. The maximum Gasteiger partial charge on any atom is 0.407 e. The first-order valence-electron chi connectivity index (χ1n) is 6.86. The van der Waals surface area contributed by atoms with Crippen molar-refractivity contribution >= 4 is 11.7 Å². The van der Waals surface area contributed by atoms with Gasteiger partial charge in [-0.3, -0.25) is 0 Å². The number of alkyl carbamates (subject to hydrolysis) is 1. The Bertz CT molecular complexity index is 584. The molecule has 0 saturated carbocycles. The van der Waals surface area contributed by atoms with Gasteiger partial charge in [-0.05, 0) is 26.8 Å². The summed E-state index contributed by atoms with van der Waals surface area (Å²) in [4.78, 5) is 15.9. The summed E-state index contributed by atoms with van der Waals surface area (Å²) in [6.45, 7) is 6.21. The van der Waals surface area contributed by atoms with Crippen molar-refractivity contribution in [1.29, 1.82) is 0 Å². The highest BCUT2D eigenvalue weighted by Crippen LogP contribution is 2.14. The van der Waals surface area contributed by atoms with Crippen LogP contribution in [0.1, 0.15) is 32.4 Å². The number of nitrogens with two attached hydrogens (primary N) is 1. The van der Waals surface area contributed by atoms with Crippen molar-refractivity contribution in [3.05, 3.63) is 30.2 Å². The molecule has 114 valence electrons. The van der Waals surface area contributed by atoms with E-state index in [0.717, 1.165) is 11.3 Å². The summed E-state index contributed by atoms with van der Waals surface area (Å²) in [5.41, 5.74) is 6.81. The first-order valence-corrected chi connectivity index (χ1v) is 6.86. The fourth-order valence-electron chi connectivity index (χ4n) is 1.88. The molecule has 1 unspecified atom stereocenters. The van der Waals surface area contributed by atoms with E-state index in [1.165, 1.54) is 0 Å². The number of rotatable bonds is 4. The summed E-state index contributed by atoms with van der Waals surface area (Å²) in [6.07, 6.45) is 3.07. The van der Waals surface area contributed by atoms with Gasteiger partial charge >= 0.3 is 6.09 Å². The number of nitrogens with one attached hydrogen (secondary N) is 1. The molecule has 7 heteroatoms. The van der Waals surface area contributed by atoms with Gasteiger partial charge in [0.1, 0.15) is 5.60 Å². The van der Waals surface area contributed by atoms with Crippen LogP contribution in [0.15, 0.2) is 24.5 Å². The van der Waals surface area contributed by atoms with Crippen LogP contribution in [0.5, 0.6) is 0 Å². The van der Waals surface area contributed by atoms with E-state index in [4.69, 9.17) is 10.5 Å². The molecule has 3 N–H and O–H groups in total. The van der Waals surface area contributed by atoms with Crippen LogP contribution in [-0.2, 0) is 4.74 Å². The lowest BCUT2D eigenvalue weighted by Gasteiger charge is -2.21. The normalized spacial score (nSPS) is 13.1. The highest BCUT2D eigenvalue weighted by molar-refractivity contribution is 5.67. The molecule has 0 aliphatic heterocycles. The van der Waals surface area contributed by atoms with E-state index in [1.807, 2.05) is 33.0 Å². The molecule has 0 fully saturated rings. The molecule has 0 spiro atoms. The number of ether oxygens (including phenoxy) is 1. The Morgan fingerprint density at radius 3 is 2.90 bits per heavy atom. The predicted molar refractivity (Wildman–Crippen MR) is 79.0 cm³/mol. The van der Waals surface area contributed by atoms with Gasteiger partial charge in [0.25, 0.3) is 0 Å². The highest BCUT2D eigenvalue weighted by atomic mass is 16.6. The van der Waals surface area contributed by atoms with Crippen molar-refractivity contribution in [2.24, 2.45) is 5.73 Å². The van der Waals surface area contributed by atoms with Gasteiger partial charge < -0.3 is 15.8 Å². The molecule has 2 heterocycles. The van der Waals surface area contributed by atoms with E-state index >= 15 is 0 Å². The van der Waals surface area contributed by atoms with Crippen molar-refractivity contribution in [3.63, 3.8) is 0 Å². The quantitative estimate of drug-likeness (QED) is 0.885. The van der Waals surface area contributed by atoms with Gasteiger partial charge in [-0.25, -0.2) is 14.3 Å². The molecular formula is C14H21N5O2. The van der Waals surface area contributed by atoms with Crippen LogP contribution >= 0.6 is 0 Å². The van der Waals surface area contributed by atoms with E-state index in [9.17, 15) is 4.79 Å². The van der Waals surface area contributed by atoms with Crippen LogP contribution in [0.4, 0.5) is 4.79 Å². The minimum absolute atomic E-state index is 0.0841. The lowest BCUT2D eigenvalue weighted by atomic mass is 10.1. The summed E-state index contributed by atoms with van der Waals surface area (Å²) in [7, 11) is 0. The lowest BCUT2D eigenvalue weighted by Crippen LogP contribution is -2.36. The average molecular weight is 291 g/mol. The maximum absolute atomic E-state index is 11.7. The molecule has 0 aliphatic carbocycles. The van der Waals surface area contributed by atoms with E-state index in [-0.39, 0.29) is 5.92 Å². The molecule has 21 heavy (non-hydrogen) atoms. The second-order valence-electron chi connectivity index (χ2n) is 5.81. The van der Waals surface area contributed by atoms with Gasteiger partial charge in [0.15, 0.2) is 5.65 Å². The monoisotopic (exact) mass is 291 g/mol. The molecule has 7 nitrogen and oxygen atoms in total. The Balaban J connectivity index is 2.01. The van der Waals surface area contributed by atoms with Crippen LogP contribution < -0.4 is 11.1 Å². The number of aromatic nitrogens is 3. The van der Waals surface area contributed by atoms with Crippen molar-refractivity contribution in [2.75, 3.05) is 13.1 Å². The van der Waals surface area contributed by atoms with Crippen LogP contribution in [0.3, 0.4) is 0 Å². The average Bonchev–Trinajstić information content (AvgIpc) is 2.80. The second-order valence-corrected chi connectivity index (χ2v) is 5.81. The Kier molecular flexibility index (Phi) is 4.42. The van der Waals surface area contributed by atoms with E-state index < -0.39 is 11.7 Å². The Morgan fingerprint density at radius 1 is 1.52 bits per heavy atom. The first kappa shape index (κ1) is 15.2. The first-order chi connectivity index (χ1) is 9.89. The molecular weight excluding hydrogens is 270 g/mol. The minimum atomic E-state index is -0.519. The number of hydrogen-bond acceptors (Lipinski definition) is 5. The van der Waals surface area contributed by atoms with Crippen LogP contribution in [-0.4, -0.2) is 39.4 Å². The summed E-state index contributed by atoms with van der Waals surface area (Å²) >= 11 is 0. The topological polar surface area (TPSA) is 94.5 Å². The van der Waals surface area contributed by atoms with Crippen molar-refractivity contribution in [1.82, 2.24) is 19.9 Å². The molecule has 0 aromatic carbocycles. The molecule has 0 saturated heterocycles. The minimum Gasteiger partial charge on any atom is -0.444 e. The third kappa shape index (κ3) is 4.16. The van der Waals surface area contributed by atoms with E-state index in [2.05, 4.69) is 15.4 Å². The molecule has 1 amide bonds. The smallest absolute Gasteiger partial charge is 0.407 e. The second kappa shape index (κ2) is 6.09. The Labute approximate surface area is 123 Å². The van der Waals surface area contributed by atoms with Crippen LogP contribution in [0, 0.1) is 0 Å². The molecule has 2 rings (SSSR count). The maximum atomic E-state index is 11.7. The van der Waals surface area contributed by atoms with Gasteiger partial charge in [-0.15, -0.1) is 0 Å². The van der Waals surface area contributed by atoms with Gasteiger partial charge in [0, 0.05) is 37.5 Å². The van der Waals surface area contributed by atoms with Crippen molar-refractivity contribution < 1.29 is 9.53 Å². The SMILES string of the molecule is CC(C)(C)OC(=O)NCC(CN)c1cc2ncccn2n1. The number of carbonyl (C=O) groups is 1. The fourth-order valence-corrected chi connectivity index (χ4v) is 1.88. The lowest BCUT2D eigenvalue weighted by molar-refractivity contribution is 0.0524. The zero-order valence-electron chi connectivity index (χ0n) is 12.5. The Morgan fingerprint density at radius 2 is 2.29 bits per heavy atom. The Hall–Kier alpha value is -2.15. The molecule has 0 bridgehead atoms. The predicted octanol–water partition coefficient (Wildman–Crippen LogP) is 1.30. The van der Waals surface area contributed by atoms with E-state index in [1.54, 1.807) is 16.8 Å². The standard InChI is InChI=1S/C14H21N5O2/c1-14(2,3)21-13(20)17-9-10(8-15)11-7-12-16-5-4-6-19(12)18-11/h4-7,10H,8-9,15H2,1-3H3,(H,17,20). The fraction of sp³-hybridized carbons (Fsp3) is 0.500. The van der Waals surface area contributed by atoms with Crippen molar-refractivity contribution in [2.45, 2.75) is 32.3 Å². The summed E-state index contributed by atoms with van der Waals surface area (Å²) in [5, 5.41) is 7.14. The number of fused-ring (bicyclic) bond motifs is 1. The zero-order valence-corrected chi connectivity index (χ0v) is 12.5. The number of carbonyl (C=O) groups excluding carboxylic acids is 1. The van der Waals surface area contributed by atoms with Crippen LogP contribution in [0.2, 0.25) is 0 Å². The third-order valence-corrected chi connectivity index (χ3v) is 2.85. The van der Waals surface area contributed by atoms with Crippen molar-refractivity contribution in [3.8, 4) is 0 Å². The van der Waals surface area contributed by atoms with Gasteiger partial charge in [-0.2, -0.15) is 5.10 Å². The largest absolute Gasteiger partial charge is 0.444 e. The summed E-state index contributed by atoms with van der Waals surface area (Å²) in [5.74, 6) is -0.0841. The molecule has 2 aromatic heterocycles. The summed E-state index contributed by atoms with van der Waals surface area (Å²) < 4.78 is 6.88. The van der Waals surface area contributed by atoms with Gasteiger partial charge in [-0.1, -0.05) is 0 Å². The van der Waals surface area contributed by atoms with Crippen LogP contribution in [0.25, 0.3) is 5.65 Å².